The van der Waals surface area contributed by atoms with Gasteiger partial charge in [-0.1, -0.05) is 11.6 Å². The largest absolute Gasteiger partial charge is 0.393 e. The van der Waals surface area contributed by atoms with Crippen LogP contribution in [0.3, 0.4) is 0 Å². The van der Waals surface area contributed by atoms with Crippen LogP contribution < -0.4 is 0 Å². The molecule has 3 nitrogen and oxygen atoms in total. The van der Waals surface area contributed by atoms with Crippen LogP contribution in [0.2, 0.25) is 4.47 Å². The normalized spacial score (nSPS) is 24.6. The van der Waals surface area contributed by atoms with Gasteiger partial charge in [-0.25, -0.2) is 4.98 Å². The molecule has 2 heterocycles. The van der Waals surface area contributed by atoms with Gasteiger partial charge < -0.3 is 5.11 Å². The van der Waals surface area contributed by atoms with Crippen molar-refractivity contribution in [2.45, 2.75) is 26.0 Å². The maximum Gasteiger partial charge on any atom is 0.183 e. The third-order valence-electron chi connectivity index (χ3n) is 2.90. The van der Waals surface area contributed by atoms with Gasteiger partial charge in [-0.05, 0) is 25.8 Å². The van der Waals surface area contributed by atoms with Gasteiger partial charge in [-0.3, -0.25) is 4.90 Å². The highest BCUT2D eigenvalue weighted by atomic mass is 35.5. The highest BCUT2D eigenvalue weighted by Crippen LogP contribution is 2.22. The van der Waals surface area contributed by atoms with Gasteiger partial charge in [0.25, 0.3) is 0 Å². The van der Waals surface area contributed by atoms with Crippen molar-refractivity contribution in [1.82, 2.24) is 9.88 Å². The molecule has 0 saturated carbocycles. The van der Waals surface area contributed by atoms with Gasteiger partial charge in [0.15, 0.2) is 4.47 Å². The maximum absolute atomic E-state index is 9.48. The zero-order chi connectivity index (χ0) is 10.8. The summed E-state index contributed by atoms with van der Waals surface area (Å²) >= 11 is 7.25. The van der Waals surface area contributed by atoms with Crippen molar-refractivity contribution in [3.8, 4) is 0 Å². The van der Waals surface area contributed by atoms with Crippen molar-refractivity contribution in [2.24, 2.45) is 5.92 Å². The second-order valence-electron chi connectivity index (χ2n) is 4.12. The minimum Gasteiger partial charge on any atom is -0.393 e. The molecule has 0 bridgehead atoms. The summed E-state index contributed by atoms with van der Waals surface area (Å²) in [6, 6.07) is 0. The Morgan fingerprint density at radius 2 is 2.60 bits per heavy atom. The lowest BCUT2D eigenvalue weighted by Gasteiger charge is -2.15. The maximum atomic E-state index is 9.48. The summed E-state index contributed by atoms with van der Waals surface area (Å²) in [6.45, 7) is 4.73. The summed E-state index contributed by atoms with van der Waals surface area (Å²) in [7, 11) is 0. The first-order chi connectivity index (χ1) is 7.15. The molecule has 1 aromatic heterocycles. The Morgan fingerprint density at radius 1 is 1.80 bits per heavy atom. The Hall–Kier alpha value is -0.160. The quantitative estimate of drug-likeness (QED) is 0.886. The van der Waals surface area contributed by atoms with Gasteiger partial charge in [0.05, 0.1) is 11.8 Å². The zero-order valence-electron chi connectivity index (χ0n) is 8.69. The molecule has 0 aromatic carbocycles. The first kappa shape index (κ1) is 11.3. The van der Waals surface area contributed by atoms with Crippen molar-refractivity contribution >= 4 is 22.9 Å². The molecule has 2 rings (SSSR count). The van der Waals surface area contributed by atoms with Gasteiger partial charge in [-0.2, -0.15) is 0 Å². The Labute approximate surface area is 98.7 Å². The molecule has 1 saturated heterocycles. The zero-order valence-corrected chi connectivity index (χ0v) is 10.3. The van der Waals surface area contributed by atoms with Gasteiger partial charge in [-0.15, -0.1) is 11.3 Å². The van der Waals surface area contributed by atoms with E-state index >= 15 is 0 Å². The van der Waals surface area contributed by atoms with E-state index in [4.69, 9.17) is 11.6 Å². The molecule has 15 heavy (non-hydrogen) atoms. The van der Waals surface area contributed by atoms with Gasteiger partial charge in [0.1, 0.15) is 0 Å². The van der Waals surface area contributed by atoms with Crippen molar-refractivity contribution in [1.29, 1.82) is 0 Å². The number of aliphatic hydroxyl groups is 1. The Balaban J connectivity index is 1.87. The van der Waals surface area contributed by atoms with E-state index in [-0.39, 0.29) is 6.10 Å². The number of hydrogen-bond acceptors (Lipinski definition) is 4. The molecule has 0 amide bonds. The molecule has 2 unspecified atom stereocenters. The molecule has 1 aromatic rings. The third-order valence-corrected chi connectivity index (χ3v) is 3.93. The summed E-state index contributed by atoms with van der Waals surface area (Å²) in [6.07, 6.45) is 0.879. The second kappa shape index (κ2) is 4.78. The number of rotatable bonds is 3. The average Bonchev–Trinajstić information content (AvgIpc) is 2.76. The van der Waals surface area contributed by atoms with Crippen molar-refractivity contribution in [3.63, 3.8) is 0 Å². The standard InChI is InChI=1S/C10H15ClN2OS/c1-7(14)8-2-3-13(4-8)5-9-6-15-10(11)12-9/h6-8,14H,2-5H2,1H3. The van der Waals surface area contributed by atoms with Crippen LogP contribution in [0.25, 0.3) is 0 Å². The number of aliphatic hydroxyl groups excluding tert-OH is 1. The fourth-order valence-corrected chi connectivity index (χ4v) is 2.76. The molecule has 0 spiro atoms. The second-order valence-corrected chi connectivity index (χ2v) is 5.56. The lowest BCUT2D eigenvalue weighted by molar-refractivity contribution is 0.127. The smallest absolute Gasteiger partial charge is 0.183 e. The van der Waals surface area contributed by atoms with E-state index in [2.05, 4.69) is 9.88 Å². The highest BCUT2D eigenvalue weighted by molar-refractivity contribution is 7.13. The van der Waals surface area contributed by atoms with E-state index in [1.54, 1.807) is 0 Å². The summed E-state index contributed by atoms with van der Waals surface area (Å²) in [5.41, 5.74) is 1.04. The van der Waals surface area contributed by atoms with E-state index in [0.29, 0.717) is 10.4 Å². The van der Waals surface area contributed by atoms with Crippen molar-refractivity contribution in [2.75, 3.05) is 13.1 Å². The van der Waals surface area contributed by atoms with Crippen LogP contribution in [0.5, 0.6) is 0 Å². The number of hydrogen-bond donors (Lipinski definition) is 1. The van der Waals surface area contributed by atoms with Crippen LogP contribution in [0.15, 0.2) is 5.38 Å². The summed E-state index contributed by atoms with van der Waals surface area (Å²) in [5, 5.41) is 11.5. The summed E-state index contributed by atoms with van der Waals surface area (Å²) in [5.74, 6) is 0.416. The van der Waals surface area contributed by atoms with Crippen LogP contribution in [-0.2, 0) is 6.54 Å². The predicted octanol–water partition coefficient (Wildman–Crippen LogP) is 2.00. The van der Waals surface area contributed by atoms with Gasteiger partial charge in [0.2, 0.25) is 0 Å². The number of likely N-dealkylation sites (tertiary alicyclic amines) is 1. The molecule has 5 heteroatoms. The summed E-state index contributed by atoms with van der Waals surface area (Å²) < 4.78 is 0.608. The lowest BCUT2D eigenvalue weighted by atomic mass is 10.0. The molecular weight excluding hydrogens is 232 g/mol. The SMILES string of the molecule is CC(O)C1CCN(Cc2csc(Cl)n2)C1. The van der Waals surface area contributed by atoms with Crippen LogP contribution in [0.4, 0.5) is 0 Å². The third kappa shape index (κ3) is 2.91. The van der Waals surface area contributed by atoms with Crippen LogP contribution in [0.1, 0.15) is 19.0 Å². The van der Waals surface area contributed by atoms with Gasteiger partial charge in [0, 0.05) is 18.5 Å². The van der Waals surface area contributed by atoms with Crippen LogP contribution in [0, 0.1) is 5.92 Å². The van der Waals surface area contributed by atoms with Crippen molar-refractivity contribution in [3.05, 3.63) is 15.5 Å². The molecule has 0 radical (unpaired) electrons. The Morgan fingerprint density at radius 3 is 3.13 bits per heavy atom. The number of nitrogens with zero attached hydrogens (tertiary/aromatic N) is 2. The lowest BCUT2D eigenvalue weighted by Crippen LogP contribution is -2.24. The summed E-state index contributed by atoms with van der Waals surface area (Å²) in [4.78, 5) is 6.55. The monoisotopic (exact) mass is 246 g/mol. The predicted molar refractivity (Wildman–Crippen MR) is 62.2 cm³/mol. The molecule has 0 aliphatic carbocycles. The molecular formula is C10H15ClN2OS. The minimum atomic E-state index is -0.200. The van der Waals surface area contributed by atoms with E-state index in [1.165, 1.54) is 11.3 Å². The average molecular weight is 247 g/mol. The topological polar surface area (TPSA) is 36.4 Å². The van der Waals surface area contributed by atoms with Crippen LogP contribution in [-0.4, -0.2) is 34.2 Å². The number of halogens is 1. The minimum absolute atomic E-state index is 0.200. The highest BCUT2D eigenvalue weighted by Gasteiger charge is 2.26. The van der Waals surface area contributed by atoms with E-state index in [0.717, 1.165) is 31.7 Å². The van der Waals surface area contributed by atoms with E-state index in [9.17, 15) is 5.11 Å². The first-order valence-electron chi connectivity index (χ1n) is 5.15. The van der Waals surface area contributed by atoms with Crippen molar-refractivity contribution < 1.29 is 5.11 Å². The molecule has 2 atom stereocenters. The number of aromatic nitrogens is 1. The fourth-order valence-electron chi connectivity index (χ4n) is 1.98. The van der Waals surface area contributed by atoms with Gasteiger partial charge >= 0.3 is 0 Å². The Kier molecular flexibility index (Phi) is 3.61. The van der Waals surface area contributed by atoms with E-state index in [1.807, 2.05) is 12.3 Å². The molecule has 1 aliphatic rings. The number of thiazole rings is 1. The molecule has 84 valence electrons. The van der Waals surface area contributed by atoms with Crippen LogP contribution >= 0.6 is 22.9 Å². The first-order valence-corrected chi connectivity index (χ1v) is 6.41. The molecule has 1 fully saturated rings. The molecule has 1 N–H and O–H groups in total. The fraction of sp³-hybridized carbons (Fsp3) is 0.700. The molecule has 1 aliphatic heterocycles. The van der Waals surface area contributed by atoms with E-state index < -0.39 is 0 Å². The Bertz CT molecular complexity index is 329.